The first kappa shape index (κ1) is 24.1. The van der Waals surface area contributed by atoms with Crippen LogP contribution in [0.5, 0.6) is 0 Å². The predicted molar refractivity (Wildman–Crippen MR) is 127 cm³/mol. The second-order valence-electron chi connectivity index (χ2n) is 8.43. The Morgan fingerprint density at radius 2 is 1.94 bits per heavy atom. The molecule has 3 rings (SSSR count). The van der Waals surface area contributed by atoms with E-state index < -0.39 is 10.0 Å². The minimum absolute atomic E-state index is 0.246. The van der Waals surface area contributed by atoms with Crippen molar-refractivity contribution in [2.24, 2.45) is 5.92 Å². The van der Waals surface area contributed by atoms with E-state index in [4.69, 9.17) is 4.74 Å². The number of H-pyrrole nitrogens is 1. The van der Waals surface area contributed by atoms with Crippen LogP contribution in [0, 0.1) is 12.8 Å². The van der Waals surface area contributed by atoms with Gasteiger partial charge in [-0.05, 0) is 43.0 Å². The number of sulfonamides is 1. The van der Waals surface area contributed by atoms with E-state index in [2.05, 4.69) is 35.4 Å². The normalized spacial score (nSPS) is 13.2. The minimum Gasteiger partial charge on any atom is -0.376 e. The zero-order valence-corrected chi connectivity index (χ0v) is 20.0. The van der Waals surface area contributed by atoms with Gasteiger partial charge < -0.3 is 9.72 Å². The number of rotatable bonds is 11. The summed E-state index contributed by atoms with van der Waals surface area (Å²) < 4.78 is 33.5. The molecule has 8 heteroatoms. The lowest BCUT2D eigenvalue weighted by atomic mass is 10.0. The van der Waals surface area contributed by atoms with Gasteiger partial charge in [-0.15, -0.1) is 6.58 Å². The van der Waals surface area contributed by atoms with Gasteiger partial charge in [-0.3, -0.25) is 4.98 Å². The molecule has 3 aromatic rings. The third kappa shape index (κ3) is 5.62. The van der Waals surface area contributed by atoms with Gasteiger partial charge in [0.05, 0.1) is 29.3 Å². The summed E-state index contributed by atoms with van der Waals surface area (Å²) in [5.41, 5.74) is 3.62. The number of hydrogen-bond donors (Lipinski definition) is 1. The van der Waals surface area contributed by atoms with E-state index >= 15 is 0 Å². The van der Waals surface area contributed by atoms with Crippen molar-refractivity contribution in [3.8, 4) is 0 Å². The number of pyridine rings is 1. The van der Waals surface area contributed by atoms with E-state index in [1.54, 1.807) is 31.5 Å². The second kappa shape index (κ2) is 10.4. The molecule has 0 aliphatic heterocycles. The average molecular weight is 457 g/mol. The topological polar surface area (TPSA) is 88.2 Å². The van der Waals surface area contributed by atoms with E-state index in [1.807, 2.05) is 25.1 Å². The van der Waals surface area contributed by atoms with E-state index in [0.717, 1.165) is 28.1 Å². The van der Waals surface area contributed by atoms with Gasteiger partial charge in [0.25, 0.3) is 0 Å². The molecule has 0 spiro atoms. The summed E-state index contributed by atoms with van der Waals surface area (Å²) in [6.45, 7) is 10.4. The molecule has 2 heterocycles. The Labute approximate surface area is 190 Å². The van der Waals surface area contributed by atoms with Crippen molar-refractivity contribution in [3.05, 3.63) is 66.3 Å². The number of aryl methyl sites for hydroxylation is 1. The highest BCUT2D eigenvalue weighted by molar-refractivity contribution is 7.89. The lowest BCUT2D eigenvalue weighted by Gasteiger charge is -2.28. The Morgan fingerprint density at radius 3 is 2.59 bits per heavy atom. The van der Waals surface area contributed by atoms with Crippen LogP contribution in [-0.4, -0.2) is 54.0 Å². The summed E-state index contributed by atoms with van der Waals surface area (Å²) in [6, 6.07) is 8.65. The van der Waals surface area contributed by atoms with Gasteiger partial charge in [-0.2, -0.15) is 4.31 Å². The van der Waals surface area contributed by atoms with E-state index in [1.165, 1.54) is 4.31 Å². The van der Waals surface area contributed by atoms with Gasteiger partial charge in [-0.1, -0.05) is 32.1 Å². The van der Waals surface area contributed by atoms with Gasteiger partial charge in [0.15, 0.2) is 0 Å². The highest BCUT2D eigenvalue weighted by Crippen LogP contribution is 2.23. The second-order valence-corrected chi connectivity index (χ2v) is 10.4. The Morgan fingerprint density at radius 1 is 1.22 bits per heavy atom. The number of hydrogen-bond acceptors (Lipinski definition) is 5. The molecule has 0 aliphatic rings. The summed E-state index contributed by atoms with van der Waals surface area (Å²) in [5, 5.41) is 0. The third-order valence-corrected chi connectivity index (χ3v) is 7.29. The maximum absolute atomic E-state index is 13.3. The van der Waals surface area contributed by atoms with Crippen molar-refractivity contribution in [3.63, 3.8) is 0 Å². The van der Waals surface area contributed by atoms with Crippen LogP contribution in [0.3, 0.4) is 0 Å². The van der Waals surface area contributed by atoms with Crippen LogP contribution in [0.1, 0.15) is 37.4 Å². The molecule has 1 aromatic carbocycles. The number of nitrogens with one attached hydrogen (secondary N) is 1. The van der Waals surface area contributed by atoms with E-state index in [-0.39, 0.29) is 10.9 Å². The molecule has 32 heavy (non-hydrogen) atoms. The highest BCUT2D eigenvalue weighted by Gasteiger charge is 2.28. The monoisotopic (exact) mass is 456 g/mol. The largest absolute Gasteiger partial charge is 0.376 e. The standard InChI is InChI=1S/C24H32N4O3S/c1-6-13-31-16-20(14-17(2)3)28(5)32(29,30)21-9-7-19(8-10-21)15-23-24-22(11-12-25-23)26-18(4)27-24/h6-12,17,20H,1,13-16H2,2-5H3,(H,26,27)/t20-/m0/s1. The maximum Gasteiger partial charge on any atom is 0.243 e. The molecule has 0 bridgehead atoms. The number of ether oxygens (including phenoxy) is 1. The van der Waals surface area contributed by atoms with Crippen LogP contribution in [0.2, 0.25) is 0 Å². The van der Waals surface area contributed by atoms with Crippen LogP contribution in [0.15, 0.2) is 54.1 Å². The number of aromatic amines is 1. The molecule has 0 radical (unpaired) electrons. The van der Waals surface area contributed by atoms with Crippen molar-refractivity contribution in [2.75, 3.05) is 20.3 Å². The molecule has 2 aromatic heterocycles. The third-order valence-electron chi connectivity index (χ3n) is 5.37. The first-order valence-corrected chi connectivity index (χ1v) is 12.2. The van der Waals surface area contributed by atoms with Gasteiger partial charge >= 0.3 is 0 Å². The van der Waals surface area contributed by atoms with Crippen LogP contribution in [-0.2, 0) is 21.2 Å². The van der Waals surface area contributed by atoms with Gasteiger partial charge in [0.2, 0.25) is 10.0 Å². The number of aromatic nitrogens is 3. The zero-order chi connectivity index (χ0) is 23.3. The smallest absolute Gasteiger partial charge is 0.243 e. The first-order valence-electron chi connectivity index (χ1n) is 10.8. The predicted octanol–water partition coefficient (Wildman–Crippen LogP) is 4.09. The van der Waals surface area contributed by atoms with Crippen LogP contribution < -0.4 is 0 Å². The molecular weight excluding hydrogens is 424 g/mol. The Kier molecular flexibility index (Phi) is 7.82. The van der Waals surface area contributed by atoms with Gasteiger partial charge in [-0.25, -0.2) is 13.4 Å². The fraction of sp³-hybridized carbons (Fsp3) is 0.417. The molecule has 1 N–H and O–H groups in total. The molecule has 1 atom stereocenters. The van der Waals surface area contributed by atoms with Crippen LogP contribution >= 0.6 is 0 Å². The van der Waals surface area contributed by atoms with Gasteiger partial charge in [0.1, 0.15) is 11.3 Å². The van der Waals surface area contributed by atoms with Crippen LogP contribution in [0.4, 0.5) is 0 Å². The first-order chi connectivity index (χ1) is 15.2. The molecule has 0 saturated carbocycles. The van der Waals surface area contributed by atoms with Crippen molar-refractivity contribution in [2.45, 2.75) is 44.6 Å². The van der Waals surface area contributed by atoms with Crippen molar-refractivity contribution >= 4 is 21.1 Å². The Hall–Kier alpha value is -2.55. The molecule has 0 aliphatic carbocycles. The maximum atomic E-state index is 13.3. The summed E-state index contributed by atoms with van der Waals surface area (Å²) in [6.07, 6.45) is 4.71. The summed E-state index contributed by atoms with van der Waals surface area (Å²) >= 11 is 0. The zero-order valence-electron chi connectivity index (χ0n) is 19.2. The highest BCUT2D eigenvalue weighted by atomic mass is 32.2. The average Bonchev–Trinajstić information content (AvgIpc) is 3.14. The Bertz CT molecular complexity index is 1150. The van der Waals surface area contributed by atoms with Gasteiger partial charge in [0, 0.05) is 25.7 Å². The fourth-order valence-electron chi connectivity index (χ4n) is 3.73. The van der Waals surface area contributed by atoms with E-state index in [0.29, 0.717) is 32.0 Å². The molecular formula is C24H32N4O3S. The minimum atomic E-state index is -3.65. The number of benzene rings is 1. The molecule has 172 valence electrons. The summed E-state index contributed by atoms with van der Waals surface area (Å²) in [7, 11) is -2.02. The van der Waals surface area contributed by atoms with Crippen molar-refractivity contribution < 1.29 is 13.2 Å². The SMILES string of the molecule is C=CCOC[C@H](CC(C)C)N(C)S(=O)(=O)c1ccc(Cc2nccc3[nH]c(C)nc23)cc1. The molecule has 0 fully saturated rings. The molecule has 0 amide bonds. The van der Waals surface area contributed by atoms with E-state index in [9.17, 15) is 8.42 Å². The molecule has 7 nitrogen and oxygen atoms in total. The fourth-order valence-corrected chi connectivity index (χ4v) is 5.08. The Balaban J connectivity index is 1.78. The number of fused-ring (bicyclic) bond motifs is 1. The molecule has 0 saturated heterocycles. The quantitative estimate of drug-likeness (QED) is 0.347. The number of imidazole rings is 1. The van der Waals surface area contributed by atoms with Crippen molar-refractivity contribution in [1.29, 1.82) is 0 Å². The number of likely N-dealkylation sites (N-methyl/N-ethyl adjacent to an activating group) is 1. The number of nitrogens with zero attached hydrogens (tertiary/aromatic N) is 3. The van der Waals surface area contributed by atoms with Crippen LogP contribution in [0.25, 0.3) is 11.0 Å². The lowest BCUT2D eigenvalue weighted by Crippen LogP contribution is -2.41. The van der Waals surface area contributed by atoms with Crippen molar-refractivity contribution in [1.82, 2.24) is 19.3 Å². The lowest BCUT2D eigenvalue weighted by molar-refractivity contribution is 0.106. The summed E-state index contributed by atoms with van der Waals surface area (Å²) in [5.74, 6) is 1.18. The summed E-state index contributed by atoms with van der Waals surface area (Å²) in [4.78, 5) is 12.5. The molecule has 0 unspecified atom stereocenters.